The van der Waals surface area contributed by atoms with Crippen molar-refractivity contribution in [3.05, 3.63) is 48.0 Å². The molecule has 0 fully saturated rings. The molecule has 0 aliphatic carbocycles. The molecule has 2 rings (SSSR count). The second-order valence-electron chi connectivity index (χ2n) is 4.48. The number of aromatic nitrogens is 2. The van der Waals surface area contributed by atoms with Gasteiger partial charge in [-0.15, -0.1) is 0 Å². The molecule has 0 atom stereocenters. The molecule has 0 saturated carbocycles. The van der Waals surface area contributed by atoms with E-state index in [0.29, 0.717) is 0 Å². The van der Waals surface area contributed by atoms with Gasteiger partial charge in [-0.25, -0.2) is 0 Å². The van der Waals surface area contributed by atoms with Crippen molar-refractivity contribution in [2.24, 2.45) is 4.99 Å². The highest BCUT2D eigenvalue weighted by Crippen LogP contribution is 2.31. The molecule has 1 aromatic carbocycles. The predicted molar refractivity (Wildman–Crippen MR) is 81.1 cm³/mol. The zero-order chi connectivity index (χ0) is 13.7. The molecule has 0 saturated heterocycles. The molecule has 0 unspecified atom stereocenters. The largest absolute Gasteiger partial charge is 1.00 e. The van der Waals surface area contributed by atoms with E-state index in [-0.39, 0.29) is 1.43 Å². The Morgan fingerprint density at radius 1 is 1.32 bits per heavy atom. The molecule has 0 aliphatic heterocycles. The van der Waals surface area contributed by atoms with Crippen molar-refractivity contribution in [2.75, 3.05) is 0 Å². The lowest BCUT2D eigenvalue weighted by Gasteiger charge is -2.13. The molecule has 1 aromatic heterocycles. The van der Waals surface area contributed by atoms with Crippen LogP contribution >= 0.6 is 0 Å². The van der Waals surface area contributed by atoms with Crippen molar-refractivity contribution in [1.82, 2.24) is 9.97 Å². The topological polar surface area (TPSA) is 47.4 Å². The minimum atomic E-state index is -1.15. The maximum atomic E-state index is 5.90. The molecule has 0 N–H and O–H groups in total. The number of hydrogen-bond acceptors (Lipinski definition) is 4. The molecule has 0 bridgehead atoms. The Morgan fingerprint density at radius 3 is 2.84 bits per heavy atom. The van der Waals surface area contributed by atoms with Gasteiger partial charge >= 0.3 is 1.43 Å². The zero-order valence-corrected chi connectivity index (χ0v) is 12.5. The van der Waals surface area contributed by atoms with Crippen LogP contribution in [0.4, 0.5) is 5.69 Å². The van der Waals surface area contributed by atoms with E-state index in [9.17, 15) is 0 Å². The fourth-order valence-corrected chi connectivity index (χ4v) is 2.35. The van der Waals surface area contributed by atoms with Crippen LogP contribution in [-0.4, -0.2) is 25.2 Å². The fourth-order valence-electron chi connectivity index (χ4n) is 1.65. The van der Waals surface area contributed by atoms with Crippen LogP contribution in [0.1, 0.15) is 12.7 Å². The van der Waals surface area contributed by atoms with Crippen LogP contribution in [0.15, 0.2) is 41.8 Å². The maximum Gasteiger partial charge on any atom is 1.00 e. The van der Waals surface area contributed by atoms with Crippen LogP contribution in [0.5, 0.6) is 5.75 Å². The molecular formula is C14H18N3OSi+. The Labute approximate surface area is 116 Å². The van der Waals surface area contributed by atoms with Crippen molar-refractivity contribution >= 4 is 20.9 Å². The molecule has 0 spiro atoms. The summed E-state index contributed by atoms with van der Waals surface area (Å²) in [6, 6.07) is 5.98. The van der Waals surface area contributed by atoms with Crippen molar-refractivity contribution in [3.63, 3.8) is 0 Å². The summed E-state index contributed by atoms with van der Waals surface area (Å²) in [5, 5.41) is 0. The van der Waals surface area contributed by atoms with E-state index >= 15 is 0 Å². The van der Waals surface area contributed by atoms with Crippen molar-refractivity contribution in [3.8, 4) is 5.75 Å². The molecule has 19 heavy (non-hydrogen) atoms. The number of benzene rings is 1. The van der Waals surface area contributed by atoms with Gasteiger partial charge in [0.2, 0.25) is 9.04 Å². The van der Waals surface area contributed by atoms with E-state index in [4.69, 9.17) is 4.43 Å². The Morgan fingerprint density at radius 2 is 2.16 bits per heavy atom. The van der Waals surface area contributed by atoms with E-state index in [1.165, 1.54) is 0 Å². The third-order valence-corrected chi connectivity index (χ3v) is 3.20. The number of para-hydroxylation sites is 1. The van der Waals surface area contributed by atoms with Crippen molar-refractivity contribution in [2.45, 2.75) is 20.0 Å². The van der Waals surface area contributed by atoms with Gasteiger partial charge in [-0.05, 0) is 31.6 Å². The quantitative estimate of drug-likeness (QED) is 0.635. The van der Waals surface area contributed by atoms with E-state index in [0.717, 1.165) is 22.7 Å². The van der Waals surface area contributed by atoms with Crippen molar-refractivity contribution < 1.29 is 5.85 Å². The van der Waals surface area contributed by atoms with Crippen LogP contribution in [0, 0.1) is 6.92 Å². The lowest BCUT2D eigenvalue weighted by Crippen LogP contribution is -2.11. The highest BCUT2D eigenvalue weighted by atomic mass is 28.3. The maximum absolute atomic E-state index is 5.90. The van der Waals surface area contributed by atoms with Crippen LogP contribution in [0.3, 0.4) is 0 Å². The Hall–Kier alpha value is -2.01. The molecule has 0 amide bonds. The van der Waals surface area contributed by atoms with Crippen molar-refractivity contribution in [1.29, 1.82) is 0 Å². The first-order valence-electron chi connectivity index (χ1n) is 6.23. The van der Waals surface area contributed by atoms with E-state index < -0.39 is 9.04 Å². The summed E-state index contributed by atoms with van der Waals surface area (Å²) in [4.78, 5) is 12.7. The van der Waals surface area contributed by atoms with E-state index in [1.807, 2.05) is 25.1 Å². The smallest absolute Gasteiger partial charge is 0.546 e. The van der Waals surface area contributed by atoms with Gasteiger partial charge in [-0.2, -0.15) is 0 Å². The predicted octanol–water partition coefficient (Wildman–Crippen LogP) is 3.01. The number of rotatable bonds is 4. The Balaban J connectivity index is 0.00000200. The lowest BCUT2D eigenvalue weighted by molar-refractivity contribution is 0.581. The molecular weight excluding hydrogens is 254 g/mol. The lowest BCUT2D eigenvalue weighted by atomic mass is 10.2. The number of aryl methyl sites for hydroxylation is 1. The zero-order valence-electron chi connectivity index (χ0n) is 12.4. The summed E-state index contributed by atoms with van der Waals surface area (Å²) in [6.07, 6.45) is 6.69. The van der Waals surface area contributed by atoms with Gasteiger partial charge in [-0.3, -0.25) is 15.0 Å². The van der Waals surface area contributed by atoms with Crippen LogP contribution in [0.2, 0.25) is 13.1 Å². The van der Waals surface area contributed by atoms with Gasteiger partial charge in [0.1, 0.15) is 11.4 Å². The molecule has 1 heterocycles. The summed E-state index contributed by atoms with van der Waals surface area (Å²) in [6.45, 7) is 6.30. The summed E-state index contributed by atoms with van der Waals surface area (Å²) in [5.74, 6) is 0.849. The van der Waals surface area contributed by atoms with Crippen LogP contribution in [0.25, 0.3) is 0 Å². The van der Waals surface area contributed by atoms with Gasteiger partial charge in [-0.1, -0.05) is 12.1 Å². The molecule has 98 valence electrons. The monoisotopic (exact) mass is 272 g/mol. The summed E-state index contributed by atoms with van der Waals surface area (Å²) < 4.78 is 5.90. The third-order valence-electron chi connectivity index (χ3n) is 2.47. The fraction of sp³-hybridized carbons (Fsp3) is 0.214. The van der Waals surface area contributed by atoms with Crippen LogP contribution in [-0.2, 0) is 0 Å². The molecule has 0 aliphatic rings. The van der Waals surface area contributed by atoms with Gasteiger partial charge in [0, 0.05) is 12.4 Å². The normalized spacial score (nSPS) is 11.2. The SMILES string of the molecule is Cc1cccc(O[SiH](C)C)c1N=Cc1cnccn1.[H+]. The minimum Gasteiger partial charge on any atom is -0.546 e. The highest BCUT2D eigenvalue weighted by molar-refractivity contribution is 6.49. The summed E-state index contributed by atoms with van der Waals surface area (Å²) in [7, 11) is -1.15. The Kier molecular flexibility index (Phi) is 4.41. The first kappa shape index (κ1) is 13.4. The van der Waals surface area contributed by atoms with Gasteiger partial charge in [0.05, 0.1) is 18.1 Å². The van der Waals surface area contributed by atoms with Gasteiger partial charge in [0.25, 0.3) is 0 Å². The molecule has 0 radical (unpaired) electrons. The number of hydrogen-bond donors (Lipinski definition) is 0. The summed E-state index contributed by atoms with van der Waals surface area (Å²) in [5.41, 5.74) is 2.69. The second-order valence-corrected chi connectivity index (χ2v) is 6.81. The molecule has 4 nitrogen and oxygen atoms in total. The standard InChI is InChI=1S/C14H17N3OSi/c1-11-5-4-6-13(18-19(2)3)14(11)17-10-12-9-15-7-8-16-12/h4-10,19H,1-3H3/p+1. The molecule has 5 heteroatoms. The Bertz CT molecular complexity index is 576. The second kappa shape index (κ2) is 6.24. The third kappa shape index (κ3) is 3.72. The average Bonchev–Trinajstić information content (AvgIpc) is 2.38. The average molecular weight is 272 g/mol. The first-order valence-corrected chi connectivity index (χ1v) is 9.01. The number of nitrogens with zero attached hydrogens (tertiary/aromatic N) is 3. The van der Waals surface area contributed by atoms with E-state index in [2.05, 4.69) is 28.1 Å². The van der Waals surface area contributed by atoms with Gasteiger partial charge < -0.3 is 4.43 Å². The van der Waals surface area contributed by atoms with E-state index in [1.54, 1.807) is 24.8 Å². The first-order chi connectivity index (χ1) is 9.16. The van der Waals surface area contributed by atoms with Crippen LogP contribution < -0.4 is 4.43 Å². The minimum absolute atomic E-state index is 0. The number of aliphatic imine (C=N–C) groups is 1. The molecule has 2 aromatic rings. The highest BCUT2D eigenvalue weighted by Gasteiger charge is 2.07. The summed E-state index contributed by atoms with van der Waals surface area (Å²) >= 11 is 0. The van der Waals surface area contributed by atoms with Gasteiger partial charge in [0.15, 0.2) is 0 Å².